The molecule has 3 aromatic heterocycles. The molecule has 0 spiro atoms. The Kier molecular flexibility index (Phi) is 8.38. The van der Waals surface area contributed by atoms with Crippen molar-refractivity contribution in [2.75, 3.05) is 11.9 Å². The van der Waals surface area contributed by atoms with Crippen LogP contribution in [0.2, 0.25) is 0 Å². The molecular formula is C28H30F4N6O5. The van der Waals surface area contributed by atoms with E-state index in [0.717, 1.165) is 23.0 Å². The lowest BCUT2D eigenvalue weighted by molar-refractivity contribution is -0.192. The summed E-state index contributed by atoms with van der Waals surface area (Å²) in [7, 11) is 1.83. The Morgan fingerprint density at radius 3 is 2.44 bits per heavy atom. The summed E-state index contributed by atoms with van der Waals surface area (Å²) in [6.07, 6.45) is -2.79. The van der Waals surface area contributed by atoms with Crippen LogP contribution in [0.3, 0.4) is 0 Å². The fraction of sp³-hybridized carbons (Fsp3) is 0.393. The first-order chi connectivity index (χ1) is 20.0. The molecule has 0 bridgehead atoms. The van der Waals surface area contributed by atoms with Gasteiger partial charge in [-0.25, -0.2) is 19.0 Å². The number of pyridine rings is 1. The Morgan fingerprint density at radius 2 is 1.81 bits per heavy atom. The number of H-pyrrole nitrogens is 1. The summed E-state index contributed by atoms with van der Waals surface area (Å²) in [6.45, 7) is 7.82. The second-order valence-electron chi connectivity index (χ2n) is 11.0. The van der Waals surface area contributed by atoms with Crippen molar-refractivity contribution in [2.24, 2.45) is 7.05 Å². The summed E-state index contributed by atoms with van der Waals surface area (Å²) in [4.78, 5) is 43.4. The van der Waals surface area contributed by atoms with Gasteiger partial charge in [0.1, 0.15) is 11.4 Å². The van der Waals surface area contributed by atoms with Crippen molar-refractivity contribution in [3.05, 3.63) is 53.2 Å². The Morgan fingerprint density at radius 1 is 1.14 bits per heavy atom. The van der Waals surface area contributed by atoms with E-state index in [2.05, 4.69) is 20.4 Å². The lowest BCUT2D eigenvalue weighted by atomic mass is 10.1. The number of fused-ring (bicyclic) bond motifs is 2. The molecule has 0 aliphatic carbocycles. The van der Waals surface area contributed by atoms with Gasteiger partial charge < -0.3 is 20.1 Å². The Bertz CT molecular complexity index is 1710. The van der Waals surface area contributed by atoms with E-state index in [-0.39, 0.29) is 11.7 Å². The highest BCUT2D eigenvalue weighted by Crippen LogP contribution is 2.36. The van der Waals surface area contributed by atoms with Gasteiger partial charge >= 0.3 is 18.2 Å². The molecule has 1 atom stereocenters. The zero-order valence-corrected chi connectivity index (χ0v) is 24.0. The zero-order chi connectivity index (χ0) is 31.9. The highest BCUT2D eigenvalue weighted by Gasteiger charge is 2.38. The van der Waals surface area contributed by atoms with E-state index in [1.54, 1.807) is 48.6 Å². The van der Waals surface area contributed by atoms with Gasteiger partial charge in [-0.2, -0.15) is 18.3 Å². The summed E-state index contributed by atoms with van der Waals surface area (Å²) in [5, 5.41) is 15.6. The first-order valence-electron chi connectivity index (χ1n) is 13.2. The number of carbonyl (C=O) groups excluding carboxylic acids is 2. The summed E-state index contributed by atoms with van der Waals surface area (Å²) in [5.74, 6) is -3.25. The maximum atomic E-state index is 15.4. The summed E-state index contributed by atoms with van der Waals surface area (Å²) >= 11 is 0. The van der Waals surface area contributed by atoms with Gasteiger partial charge in [0, 0.05) is 36.8 Å². The minimum Gasteiger partial charge on any atom is -0.475 e. The number of hydrogen-bond donors (Lipinski definition) is 3. The number of benzene rings is 1. The molecule has 3 N–H and O–H groups in total. The number of amides is 2. The predicted octanol–water partition coefficient (Wildman–Crippen LogP) is 5.85. The molecule has 4 aromatic rings. The number of hydrogen-bond acceptors (Lipinski definition) is 6. The highest BCUT2D eigenvalue weighted by molar-refractivity contribution is 6.06. The SMILES string of the molecule is Cc1nn(C)c2cc(C(=O)Nc3cc4[nH]c([C@H]5CCCN5C(=O)OC(C)(C)C)c(F)c4cn3)ccc12.O=C(O)C(F)(F)F. The molecule has 1 saturated heterocycles. The second kappa shape index (κ2) is 11.5. The van der Waals surface area contributed by atoms with Crippen molar-refractivity contribution in [3.63, 3.8) is 0 Å². The minimum absolute atomic E-state index is 0.289. The first-order valence-corrected chi connectivity index (χ1v) is 13.2. The number of carboxylic acid groups (broad SMARTS) is 1. The number of rotatable bonds is 3. The number of carboxylic acids is 1. The molecule has 1 aromatic carbocycles. The monoisotopic (exact) mass is 606 g/mol. The van der Waals surface area contributed by atoms with Gasteiger partial charge in [0.15, 0.2) is 5.82 Å². The lowest BCUT2D eigenvalue weighted by Gasteiger charge is -2.28. The number of halogens is 4. The number of ether oxygens (including phenoxy) is 1. The van der Waals surface area contributed by atoms with Crippen molar-refractivity contribution in [2.45, 2.75) is 58.4 Å². The van der Waals surface area contributed by atoms with E-state index in [1.165, 1.54) is 6.20 Å². The summed E-state index contributed by atoms with van der Waals surface area (Å²) < 4.78 is 54.3. The number of aromatic nitrogens is 4. The van der Waals surface area contributed by atoms with Gasteiger partial charge in [-0.1, -0.05) is 6.07 Å². The van der Waals surface area contributed by atoms with E-state index in [4.69, 9.17) is 14.6 Å². The third kappa shape index (κ3) is 6.87. The first kappa shape index (κ1) is 31.3. The average Bonchev–Trinajstić information content (AvgIpc) is 3.58. The molecule has 1 fully saturated rings. The molecule has 4 heterocycles. The quantitative estimate of drug-likeness (QED) is 0.248. The molecule has 15 heteroatoms. The fourth-order valence-corrected chi connectivity index (χ4v) is 4.75. The average molecular weight is 607 g/mol. The number of anilines is 1. The maximum Gasteiger partial charge on any atom is 0.490 e. The van der Waals surface area contributed by atoms with Crippen LogP contribution in [-0.4, -0.2) is 66.0 Å². The highest BCUT2D eigenvalue weighted by atomic mass is 19.4. The van der Waals surface area contributed by atoms with Crippen LogP contribution in [0.4, 0.5) is 28.2 Å². The number of likely N-dealkylation sites (tertiary alicyclic amines) is 1. The normalized spacial score (nSPS) is 15.4. The molecule has 2 amide bonds. The van der Waals surface area contributed by atoms with Gasteiger partial charge in [-0.15, -0.1) is 0 Å². The molecular weight excluding hydrogens is 576 g/mol. The van der Waals surface area contributed by atoms with E-state index in [1.807, 2.05) is 20.0 Å². The number of carbonyl (C=O) groups is 3. The Hall–Kier alpha value is -4.69. The number of aryl methyl sites for hydroxylation is 2. The molecule has 0 unspecified atom stereocenters. The Labute approximate surface area is 242 Å². The van der Waals surface area contributed by atoms with Crippen LogP contribution in [-0.2, 0) is 16.6 Å². The molecule has 1 aliphatic rings. The number of nitrogens with one attached hydrogen (secondary N) is 2. The maximum absolute atomic E-state index is 15.4. The van der Waals surface area contributed by atoms with Gasteiger partial charge in [0.05, 0.1) is 33.8 Å². The standard InChI is InChI=1S/C26H29FN6O3.C2HF3O2/c1-14-16-9-8-15(11-20(16)32(5)31-14)24(34)30-21-12-18-17(13-28-21)22(27)23(29-18)19-7-6-10-33(19)25(35)36-26(2,3)4;3-2(4,5)1(6)7/h8-9,11-13,19,29H,6-7,10H2,1-5H3,(H,28,30,34);(H,6,7)/t19-;/m1./s1. The van der Waals surface area contributed by atoms with E-state index in [9.17, 15) is 22.8 Å². The minimum atomic E-state index is -5.08. The van der Waals surface area contributed by atoms with Crippen LogP contribution in [0.5, 0.6) is 0 Å². The van der Waals surface area contributed by atoms with Crippen LogP contribution in [0.25, 0.3) is 21.8 Å². The van der Waals surface area contributed by atoms with Crippen molar-refractivity contribution in [1.29, 1.82) is 0 Å². The smallest absolute Gasteiger partial charge is 0.475 e. The van der Waals surface area contributed by atoms with Gasteiger partial charge in [0.2, 0.25) is 0 Å². The number of aliphatic carboxylic acids is 1. The van der Waals surface area contributed by atoms with Crippen LogP contribution in [0.1, 0.15) is 61.4 Å². The van der Waals surface area contributed by atoms with Crippen LogP contribution >= 0.6 is 0 Å². The van der Waals surface area contributed by atoms with Crippen molar-refractivity contribution < 1.29 is 41.8 Å². The number of nitrogens with zero attached hydrogens (tertiary/aromatic N) is 4. The molecule has 5 rings (SSSR count). The van der Waals surface area contributed by atoms with Crippen LogP contribution in [0.15, 0.2) is 30.5 Å². The number of alkyl halides is 3. The second-order valence-corrected chi connectivity index (χ2v) is 11.0. The molecule has 11 nitrogen and oxygen atoms in total. The fourth-order valence-electron chi connectivity index (χ4n) is 4.75. The predicted molar refractivity (Wildman–Crippen MR) is 148 cm³/mol. The van der Waals surface area contributed by atoms with E-state index in [0.29, 0.717) is 35.1 Å². The zero-order valence-electron chi connectivity index (χ0n) is 24.0. The van der Waals surface area contributed by atoms with Gasteiger partial charge in [-0.3, -0.25) is 14.4 Å². The van der Waals surface area contributed by atoms with Crippen LogP contribution in [0, 0.1) is 12.7 Å². The van der Waals surface area contributed by atoms with E-state index >= 15 is 4.39 Å². The Balaban J connectivity index is 0.000000541. The van der Waals surface area contributed by atoms with Crippen LogP contribution < -0.4 is 5.32 Å². The van der Waals surface area contributed by atoms with Crippen molar-refractivity contribution >= 4 is 45.6 Å². The van der Waals surface area contributed by atoms with Gasteiger partial charge in [-0.05, 0) is 52.7 Å². The van der Waals surface area contributed by atoms with Gasteiger partial charge in [0.25, 0.3) is 5.91 Å². The largest absolute Gasteiger partial charge is 0.490 e. The third-order valence-corrected chi connectivity index (χ3v) is 6.64. The van der Waals surface area contributed by atoms with Crippen molar-refractivity contribution in [1.82, 2.24) is 24.6 Å². The molecule has 0 saturated carbocycles. The summed E-state index contributed by atoms with van der Waals surface area (Å²) in [5.41, 5.74) is 2.37. The van der Waals surface area contributed by atoms with E-state index < -0.39 is 35.7 Å². The topological polar surface area (TPSA) is 142 Å². The summed E-state index contributed by atoms with van der Waals surface area (Å²) in [6, 6.07) is 6.52. The molecule has 0 radical (unpaired) electrons. The third-order valence-electron chi connectivity index (χ3n) is 6.64. The molecule has 230 valence electrons. The molecule has 1 aliphatic heterocycles. The van der Waals surface area contributed by atoms with Crippen molar-refractivity contribution in [3.8, 4) is 0 Å². The number of aromatic amines is 1. The lowest BCUT2D eigenvalue weighted by Crippen LogP contribution is -2.36. The molecule has 43 heavy (non-hydrogen) atoms.